The van der Waals surface area contributed by atoms with Crippen LogP contribution in [-0.4, -0.2) is 14.1 Å². The van der Waals surface area contributed by atoms with Crippen molar-refractivity contribution in [3.63, 3.8) is 0 Å². The maximum atomic E-state index is 4.12. The Balaban J connectivity index is 2.86. The molecule has 1 atom stereocenters. The Morgan fingerprint density at radius 2 is 2.09 bits per heavy atom. The van der Waals surface area contributed by atoms with Gasteiger partial charge in [0.1, 0.15) is 5.69 Å². The zero-order chi connectivity index (χ0) is 8.27. The van der Waals surface area contributed by atoms with Crippen molar-refractivity contribution in [2.45, 2.75) is 6.92 Å². The van der Waals surface area contributed by atoms with Gasteiger partial charge in [-0.2, -0.15) is 0 Å². The van der Waals surface area contributed by atoms with Crippen LogP contribution in [0.1, 0.15) is 5.56 Å². The summed E-state index contributed by atoms with van der Waals surface area (Å²) < 4.78 is 0. The van der Waals surface area contributed by atoms with Crippen LogP contribution in [0.2, 0.25) is 0 Å². The molecule has 0 spiro atoms. The summed E-state index contributed by atoms with van der Waals surface area (Å²) in [6.45, 7) is 2.09. The average molecular weight is 150 g/mol. The van der Waals surface area contributed by atoms with Crippen molar-refractivity contribution in [1.29, 1.82) is 0 Å². The van der Waals surface area contributed by atoms with Gasteiger partial charge >= 0.3 is 0 Å². The highest BCUT2D eigenvalue weighted by atomic mass is 15.5. The van der Waals surface area contributed by atoms with Crippen LogP contribution in [0.4, 0.5) is 5.69 Å². The maximum absolute atomic E-state index is 4.12. The molecule has 0 aliphatic carbocycles. The Kier molecular flexibility index (Phi) is 2.63. The molecule has 0 saturated heterocycles. The normalized spacial score (nSPS) is 13.0. The van der Waals surface area contributed by atoms with Gasteiger partial charge in [0.25, 0.3) is 0 Å². The van der Waals surface area contributed by atoms with E-state index in [-0.39, 0.29) is 0 Å². The van der Waals surface area contributed by atoms with Crippen LogP contribution in [0.25, 0.3) is 5.43 Å². The molecule has 1 aromatic carbocycles. The fourth-order valence-electron chi connectivity index (χ4n) is 0.999. The third kappa shape index (κ3) is 2.03. The first-order valence-corrected chi connectivity index (χ1v) is 3.74. The molecule has 0 amide bonds. The molecule has 0 aromatic heterocycles. The summed E-state index contributed by atoms with van der Waals surface area (Å²) in [5.41, 5.74) is 6.61. The van der Waals surface area contributed by atoms with Gasteiger partial charge in [-0.05, 0) is 18.6 Å². The van der Waals surface area contributed by atoms with Crippen molar-refractivity contribution >= 4 is 5.69 Å². The molecule has 1 aromatic rings. The van der Waals surface area contributed by atoms with E-state index in [0.717, 1.165) is 5.01 Å². The predicted molar refractivity (Wildman–Crippen MR) is 47.0 cm³/mol. The molecule has 0 saturated carbocycles. The molecule has 0 fully saturated rings. The molecule has 1 unspecified atom stereocenters. The molecule has 0 aliphatic heterocycles. The van der Waals surface area contributed by atoms with Gasteiger partial charge in [-0.25, -0.2) is 0 Å². The molecule has 0 heterocycles. The molecule has 0 aliphatic rings. The number of hydrogen-bond acceptors (Lipinski definition) is 0. The predicted octanol–water partition coefficient (Wildman–Crippen LogP) is 1.06. The standard InChI is InChI=1S/C9H14N2/c1-8-5-4-6-9(7-8)11(3)10-2/h4-7,11H,1-3H3. The molecule has 0 radical (unpaired) electrons. The van der Waals surface area contributed by atoms with Crippen LogP contribution in [0, 0.1) is 6.92 Å². The SMILES string of the molecule is C[N-][NH+](C)c1cccc(C)c1. The minimum absolute atomic E-state index is 1.09. The van der Waals surface area contributed by atoms with E-state index in [1.54, 1.807) is 0 Å². The smallest absolute Gasteiger partial charge is 0.121 e. The van der Waals surface area contributed by atoms with Crippen LogP contribution in [0.5, 0.6) is 0 Å². The van der Waals surface area contributed by atoms with E-state index in [4.69, 9.17) is 0 Å². The fourth-order valence-corrected chi connectivity index (χ4v) is 0.999. The number of quaternary nitrogens is 1. The van der Waals surface area contributed by atoms with Crippen molar-refractivity contribution in [1.82, 2.24) is 0 Å². The molecular formula is C9H14N2. The maximum Gasteiger partial charge on any atom is 0.121 e. The summed E-state index contributed by atoms with van der Waals surface area (Å²) in [5, 5.41) is 1.09. The highest BCUT2D eigenvalue weighted by Gasteiger charge is 1.95. The lowest BCUT2D eigenvalue weighted by molar-refractivity contribution is -0.766. The number of rotatable bonds is 2. The van der Waals surface area contributed by atoms with Crippen LogP contribution in [0.15, 0.2) is 24.3 Å². The zero-order valence-electron chi connectivity index (χ0n) is 7.26. The van der Waals surface area contributed by atoms with Gasteiger partial charge in [-0.3, -0.25) is 0 Å². The quantitative estimate of drug-likeness (QED) is 0.608. The van der Waals surface area contributed by atoms with Gasteiger partial charge in [0.2, 0.25) is 0 Å². The van der Waals surface area contributed by atoms with E-state index < -0.39 is 0 Å². The topological polar surface area (TPSA) is 18.5 Å². The number of hydrogen-bond donors (Lipinski definition) is 1. The Morgan fingerprint density at radius 1 is 1.36 bits per heavy atom. The third-order valence-electron chi connectivity index (χ3n) is 1.77. The summed E-state index contributed by atoms with van der Waals surface area (Å²) >= 11 is 0. The molecular weight excluding hydrogens is 136 g/mol. The second-order valence-corrected chi connectivity index (χ2v) is 2.68. The molecule has 1 N–H and O–H groups in total. The second-order valence-electron chi connectivity index (χ2n) is 2.68. The van der Waals surface area contributed by atoms with Crippen LogP contribution in [-0.2, 0) is 0 Å². The molecule has 2 nitrogen and oxygen atoms in total. The number of aryl methyl sites for hydroxylation is 1. The van der Waals surface area contributed by atoms with Crippen molar-refractivity contribution in [2.75, 3.05) is 14.1 Å². The molecule has 11 heavy (non-hydrogen) atoms. The molecule has 0 bridgehead atoms. The zero-order valence-corrected chi connectivity index (χ0v) is 7.26. The third-order valence-corrected chi connectivity index (χ3v) is 1.77. The Hall–Kier alpha value is -0.860. The number of benzene rings is 1. The Labute approximate surface area is 67.8 Å². The first-order chi connectivity index (χ1) is 5.24. The average Bonchev–Trinajstić information content (AvgIpc) is 2.03. The monoisotopic (exact) mass is 150 g/mol. The van der Waals surface area contributed by atoms with Crippen LogP contribution >= 0.6 is 0 Å². The van der Waals surface area contributed by atoms with E-state index in [0.29, 0.717) is 0 Å². The molecule has 1 rings (SSSR count). The first-order valence-electron chi connectivity index (χ1n) is 3.74. The van der Waals surface area contributed by atoms with Gasteiger partial charge in [0, 0.05) is 6.07 Å². The van der Waals surface area contributed by atoms with E-state index in [2.05, 4.69) is 36.6 Å². The number of nitrogens with zero attached hydrogens (tertiary/aromatic N) is 1. The minimum atomic E-state index is 1.09. The lowest BCUT2D eigenvalue weighted by Crippen LogP contribution is -2.99. The van der Waals surface area contributed by atoms with Crippen LogP contribution in [0.3, 0.4) is 0 Å². The molecule has 60 valence electrons. The van der Waals surface area contributed by atoms with Gasteiger partial charge in [-0.1, -0.05) is 12.1 Å². The van der Waals surface area contributed by atoms with E-state index in [1.165, 1.54) is 11.3 Å². The summed E-state index contributed by atoms with van der Waals surface area (Å²) in [5.74, 6) is 0. The minimum Gasteiger partial charge on any atom is -0.452 e. The van der Waals surface area contributed by atoms with Crippen molar-refractivity contribution < 1.29 is 5.01 Å². The van der Waals surface area contributed by atoms with E-state index >= 15 is 0 Å². The van der Waals surface area contributed by atoms with E-state index in [9.17, 15) is 0 Å². The fraction of sp³-hybridized carbons (Fsp3) is 0.333. The highest BCUT2D eigenvalue weighted by molar-refractivity contribution is 5.33. The number of nitrogens with one attached hydrogen (secondary N) is 1. The highest BCUT2D eigenvalue weighted by Crippen LogP contribution is 2.04. The lowest BCUT2D eigenvalue weighted by atomic mass is 10.2. The van der Waals surface area contributed by atoms with Crippen LogP contribution < -0.4 is 5.01 Å². The summed E-state index contributed by atoms with van der Waals surface area (Å²) in [6.07, 6.45) is 0. The van der Waals surface area contributed by atoms with Crippen molar-refractivity contribution in [3.8, 4) is 0 Å². The van der Waals surface area contributed by atoms with Gasteiger partial charge in [0.15, 0.2) is 0 Å². The van der Waals surface area contributed by atoms with Crippen molar-refractivity contribution in [2.24, 2.45) is 0 Å². The largest absolute Gasteiger partial charge is 0.452 e. The summed E-state index contributed by atoms with van der Waals surface area (Å²) in [7, 11) is 3.84. The second kappa shape index (κ2) is 3.51. The van der Waals surface area contributed by atoms with E-state index in [1.807, 2.05) is 14.1 Å². The summed E-state index contributed by atoms with van der Waals surface area (Å²) in [4.78, 5) is 0. The molecule has 2 heteroatoms. The van der Waals surface area contributed by atoms with Gasteiger partial charge in [-0.15, -0.1) is 7.05 Å². The summed E-state index contributed by atoms with van der Waals surface area (Å²) in [6, 6.07) is 8.36. The van der Waals surface area contributed by atoms with Crippen molar-refractivity contribution in [3.05, 3.63) is 35.3 Å². The van der Waals surface area contributed by atoms with Gasteiger partial charge in [0.05, 0.1) is 7.05 Å². The van der Waals surface area contributed by atoms with Gasteiger partial charge < -0.3 is 10.4 Å². The first kappa shape index (κ1) is 8.24. The lowest BCUT2D eigenvalue weighted by Gasteiger charge is -2.22. The Morgan fingerprint density at radius 3 is 2.64 bits per heavy atom. The Bertz CT molecular complexity index is 233.